The lowest BCUT2D eigenvalue weighted by molar-refractivity contribution is 0.0274. The van der Waals surface area contributed by atoms with Crippen molar-refractivity contribution in [2.24, 2.45) is 0 Å². The highest BCUT2D eigenvalue weighted by molar-refractivity contribution is 7.23. The zero-order valence-corrected chi connectivity index (χ0v) is 33.4. The summed E-state index contributed by atoms with van der Waals surface area (Å²) in [6, 6.07) is 5.66. The summed E-state index contributed by atoms with van der Waals surface area (Å²) >= 11 is 7.66. The van der Waals surface area contributed by atoms with Gasteiger partial charge in [-0.3, -0.25) is 10.2 Å². The Balaban J connectivity index is 1.31. The predicted octanol–water partition coefficient (Wildman–Crippen LogP) is 9.01. The standard InChI is InChI=1S/C39H42ClF3N6O6S/c1-37(2,3)54-35(50)47-33-24(16-44)27-22(8-9-26(42)31(27)56-33)28-25(40)14-23-30(29(28)43)45-34(52-19-39-11-7-12-49(39)17-20(41)15-39)46-32(23)53-21-10-13-48(18-21)36(51)55-38(4,5)6/h8-9,14,20-21H,7,10-13,15,17-19H2,1-6H3,(H,47,50)/t20-,21?,39+/m1/s1. The molecule has 1 N–H and O–H groups in total. The molecule has 3 aliphatic rings. The van der Waals surface area contributed by atoms with Gasteiger partial charge in [0, 0.05) is 36.9 Å². The second-order valence-electron chi connectivity index (χ2n) is 16.4. The Labute approximate surface area is 330 Å². The van der Waals surface area contributed by atoms with E-state index in [0.717, 1.165) is 30.4 Å². The molecule has 3 saturated heterocycles. The van der Waals surface area contributed by atoms with Crippen LogP contribution in [0.25, 0.3) is 32.1 Å². The van der Waals surface area contributed by atoms with Crippen LogP contribution < -0.4 is 14.8 Å². The Morgan fingerprint density at radius 2 is 1.86 bits per heavy atom. The van der Waals surface area contributed by atoms with Crippen LogP contribution in [0, 0.1) is 23.0 Å². The molecule has 5 heterocycles. The molecule has 298 valence electrons. The third kappa shape index (κ3) is 7.86. The molecule has 3 fully saturated rings. The van der Waals surface area contributed by atoms with Crippen molar-refractivity contribution in [3.05, 3.63) is 40.4 Å². The Morgan fingerprint density at radius 1 is 1.11 bits per heavy atom. The normalized spacial score (nSPS) is 21.3. The molecule has 1 unspecified atom stereocenters. The maximum Gasteiger partial charge on any atom is 0.412 e. The summed E-state index contributed by atoms with van der Waals surface area (Å²) in [6.07, 6.45) is -0.611. The molecule has 0 bridgehead atoms. The van der Waals surface area contributed by atoms with Crippen molar-refractivity contribution in [1.29, 1.82) is 5.26 Å². The van der Waals surface area contributed by atoms with Crippen molar-refractivity contribution < 1.29 is 41.7 Å². The molecule has 3 aliphatic heterocycles. The van der Waals surface area contributed by atoms with E-state index in [1.165, 1.54) is 17.0 Å². The quantitative estimate of drug-likeness (QED) is 0.192. The molecule has 2 aromatic heterocycles. The van der Waals surface area contributed by atoms with Gasteiger partial charge in [-0.1, -0.05) is 17.7 Å². The number of alkyl halides is 1. The number of carbonyl (C=O) groups excluding carboxylic acids is 2. The third-order valence-corrected chi connectivity index (χ3v) is 11.3. The molecule has 0 radical (unpaired) electrons. The highest BCUT2D eigenvalue weighted by Crippen LogP contribution is 2.47. The molecular formula is C39H42ClF3N6O6S. The lowest BCUT2D eigenvalue weighted by Gasteiger charge is -2.30. The van der Waals surface area contributed by atoms with Crippen molar-refractivity contribution in [2.45, 2.75) is 96.2 Å². The van der Waals surface area contributed by atoms with Crippen molar-refractivity contribution >= 4 is 61.1 Å². The van der Waals surface area contributed by atoms with Crippen molar-refractivity contribution in [3.63, 3.8) is 0 Å². The highest BCUT2D eigenvalue weighted by atomic mass is 35.5. The number of nitrogens with zero attached hydrogens (tertiary/aromatic N) is 5. The van der Waals surface area contributed by atoms with Gasteiger partial charge in [0.1, 0.15) is 52.5 Å². The minimum absolute atomic E-state index is 0.00821. The number of nitrogens with one attached hydrogen (secondary N) is 1. The van der Waals surface area contributed by atoms with E-state index in [-0.39, 0.29) is 79.2 Å². The molecule has 7 rings (SSSR count). The van der Waals surface area contributed by atoms with E-state index >= 15 is 8.78 Å². The minimum Gasteiger partial charge on any atom is -0.472 e. The average Bonchev–Trinajstić information content (AvgIpc) is 3.86. The second kappa shape index (κ2) is 14.7. The molecule has 2 aromatic carbocycles. The summed E-state index contributed by atoms with van der Waals surface area (Å²) in [4.78, 5) is 38.1. The van der Waals surface area contributed by atoms with Crippen LogP contribution in [0.1, 0.15) is 72.8 Å². The van der Waals surface area contributed by atoms with E-state index in [9.17, 15) is 19.2 Å². The SMILES string of the molecule is CC(C)(C)OC(=O)Nc1sc2c(F)ccc(-c3c(Cl)cc4c(OC5CCN(C(=O)OC(C)(C)C)C5)nc(OC[C@@]56CCCN5C[C@H](F)C6)nc4c3F)c2c1C#N. The molecule has 0 saturated carbocycles. The van der Waals surface area contributed by atoms with Gasteiger partial charge in [-0.25, -0.2) is 22.8 Å². The molecule has 4 aromatic rings. The average molecular weight is 815 g/mol. The molecule has 17 heteroatoms. The van der Waals surface area contributed by atoms with Gasteiger partial charge in [-0.15, -0.1) is 11.3 Å². The van der Waals surface area contributed by atoms with Gasteiger partial charge in [0.05, 0.1) is 32.8 Å². The lowest BCUT2D eigenvalue weighted by atomic mass is 9.95. The Bertz CT molecular complexity index is 2270. The maximum atomic E-state index is 17.2. The molecule has 0 spiro atoms. The fraction of sp³-hybridized carbons (Fsp3) is 0.513. The zero-order valence-electron chi connectivity index (χ0n) is 31.9. The molecule has 3 atom stereocenters. The van der Waals surface area contributed by atoms with Crippen molar-refractivity contribution in [3.8, 4) is 29.1 Å². The minimum atomic E-state index is -1.00. The Kier molecular flexibility index (Phi) is 10.4. The number of ether oxygens (including phenoxy) is 4. The van der Waals surface area contributed by atoms with Gasteiger partial charge in [-0.2, -0.15) is 15.2 Å². The monoisotopic (exact) mass is 814 g/mol. The van der Waals surface area contributed by atoms with E-state index in [4.69, 9.17) is 30.5 Å². The van der Waals surface area contributed by atoms with Crippen LogP contribution >= 0.6 is 22.9 Å². The lowest BCUT2D eigenvalue weighted by Crippen LogP contribution is -2.43. The largest absolute Gasteiger partial charge is 0.472 e. The fourth-order valence-electron chi connectivity index (χ4n) is 7.64. The number of likely N-dealkylation sites (tertiary alicyclic amines) is 1. The number of halogens is 4. The summed E-state index contributed by atoms with van der Waals surface area (Å²) in [5, 5.41) is 12.8. The van der Waals surface area contributed by atoms with Crippen LogP contribution in [0.15, 0.2) is 18.2 Å². The smallest absolute Gasteiger partial charge is 0.412 e. The molecule has 2 amide bonds. The van der Waals surface area contributed by atoms with Gasteiger partial charge in [0.2, 0.25) is 5.88 Å². The summed E-state index contributed by atoms with van der Waals surface area (Å²) in [5.74, 6) is -1.68. The number of carbonyl (C=O) groups is 2. The van der Waals surface area contributed by atoms with E-state index in [2.05, 4.69) is 20.2 Å². The number of hydrogen-bond donors (Lipinski definition) is 1. The van der Waals surface area contributed by atoms with Gasteiger partial charge < -0.3 is 23.8 Å². The van der Waals surface area contributed by atoms with Gasteiger partial charge in [-0.05, 0) is 78.6 Å². The van der Waals surface area contributed by atoms with Crippen LogP contribution in [0.2, 0.25) is 5.02 Å². The first kappa shape index (κ1) is 39.6. The van der Waals surface area contributed by atoms with E-state index in [1.807, 2.05) is 6.07 Å². The van der Waals surface area contributed by atoms with Gasteiger partial charge in [0.15, 0.2) is 5.82 Å². The number of hydrogen-bond acceptors (Lipinski definition) is 11. The number of thiophene rings is 1. The van der Waals surface area contributed by atoms with Gasteiger partial charge >= 0.3 is 18.2 Å². The van der Waals surface area contributed by atoms with Crippen LogP contribution in [-0.2, 0) is 9.47 Å². The number of nitriles is 1. The first-order valence-corrected chi connectivity index (χ1v) is 19.6. The van der Waals surface area contributed by atoms with E-state index in [0.29, 0.717) is 25.9 Å². The number of fused-ring (bicyclic) bond motifs is 3. The number of rotatable bonds is 7. The van der Waals surface area contributed by atoms with Crippen LogP contribution in [0.3, 0.4) is 0 Å². The van der Waals surface area contributed by atoms with E-state index in [1.54, 1.807) is 41.5 Å². The number of amides is 2. The number of anilines is 1. The zero-order chi connectivity index (χ0) is 40.3. The van der Waals surface area contributed by atoms with Crippen LogP contribution in [0.4, 0.5) is 27.8 Å². The molecule has 56 heavy (non-hydrogen) atoms. The Morgan fingerprint density at radius 3 is 2.57 bits per heavy atom. The van der Waals surface area contributed by atoms with Crippen molar-refractivity contribution in [2.75, 3.05) is 38.1 Å². The number of aromatic nitrogens is 2. The fourth-order valence-corrected chi connectivity index (χ4v) is 9.01. The van der Waals surface area contributed by atoms with E-state index < -0.39 is 52.8 Å². The first-order valence-electron chi connectivity index (χ1n) is 18.4. The summed E-state index contributed by atoms with van der Waals surface area (Å²) in [7, 11) is 0. The maximum absolute atomic E-state index is 17.2. The number of benzene rings is 2. The summed E-state index contributed by atoms with van der Waals surface area (Å²) in [6.45, 7) is 11.9. The molecule has 12 nitrogen and oxygen atoms in total. The summed E-state index contributed by atoms with van der Waals surface area (Å²) in [5.41, 5.74) is -2.57. The summed E-state index contributed by atoms with van der Waals surface area (Å²) < 4.78 is 70.5. The van der Waals surface area contributed by atoms with Gasteiger partial charge in [0.25, 0.3) is 0 Å². The Hall–Kier alpha value is -4.59. The van der Waals surface area contributed by atoms with Crippen molar-refractivity contribution in [1.82, 2.24) is 19.8 Å². The van der Waals surface area contributed by atoms with Crippen LogP contribution in [-0.4, -0.2) is 93.8 Å². The molecule has 0 aliphatic carbocycles. The highest BCUT2D eigenvalue weighted by Gasteiger charge is 2.49. The van der Waals surface area contributed by atoms with Crippen LogP contribution in [0.5, 0.6) is 11.9 Å². The third-order valence-electron chi connectivity index (χ3n) is 9.92. The molecular weight excluding hydrogens is 773 g/mol. The second-order valence-corrected chi connectivity index (χ2v) is 17.8. The predicted molar refractivity (Wildman–Crippen MR) is 205 cm³/mol. The topological polar surface area (TPSA) is 139 Å². The first-order chi connectivity index (χ1) is 26.3.